The van der Waals surface area contributed by atoms with E-state index in [1.165, 1.54) is 18.3 Å². The average Bonchev–Trinajstić information content (AvgIpc) is 3.38. The van der Waals surface area contributed by atoms with Crippen LogP contribution in [0.2, 0.25) is 0 Å². The summed E-state index contributed by atoms with van der Waals surface area (Å²) in [6, 6.07) is 7.09. The minimum atomic E-state index is -0.178. The molecule has 3 aromatic rings. The predicted octanol–water partition coefficient (Wildman–Crippen LogP) is 4.40. The van der Waals surface area contributed by atoms with E-state index in [-0.39, 0.29) is 11.8 Å². The van der Waals surface area contributed by atoms with Crippen molar-refractivity contribution in [2.45, 2.75) is 39.5 Å². The molecular formula is C20H20N4O2S. The normalized spacial score (nSPS) is 13.6. The maximum Gasteiger partial charge on any atom is 0.266 e. The van der Waals surface area contributed by atoms with Gasteiger partial charge in [-0.1, -0.05) is 6.07 Å². The molecule has 7 heteroatoms. The summed E-state index contributed by atoms with van der Waals surface area (Å²) in [6.45, 7) is 5.37. The van der Waals surface area contributed by atoms with Gasteiger partial charge in [0.1, 0.15) is 10.7 Å². The molecule has 1 aromatic carbocycles. The highest BCUT2D eigenvalue weighted by Crippen LogP contribution is 2.40. The van der Waals surface area contributed by atoms with Crippen molar-refractivity contribution in [1.82, 2.24) is 9.97 Å². The van der Waals surface area contributed by atoms with Gasteiger partial charge in [0.25, 0.3) is 5.91 Å². The van der Waals surface area contributed by atoms with Gasteiger partial charge in [0.05, 0.1) is 10.6 Å². The van der Waals surface area contributed by atoms with Crippen molar-refractivity contribution < 1.29 is 9.59 Å². The van der Waals surface area contributed by atoms with Crippen LogP contribution in [0, 0.1) is 13.8 Å². The highest BCUT2D eigenvalue weighted by atomic mass is 32.1. The molecule has 6 nitrogen and oxygen atoms in total. The topological polar surface area (TPSA) is 84.0 Å². The molecule has 2 amide bonds. The Bertz CT molecular complexity index is 1070. The summed E-state index contributed by atoms with van der Waals surface area (Å²) < 4.78 is 0. The first-order chi connectivity index (χ1) is 12.9. The summed E-state index contributed by atoms with van der Waals surface area (Å²) in [5.41, 5.74) is 3.11. The Morgan fingerprint density at radius 2 is 1.81 bits per heavy atom. The first-order valence-electron chi connectivity index (χ1n) is 8.89. The molecule has 0 bridgehead atoms. The van der Waals surface area contributed by atoms with Gasteiger partial charge in [-0.05, 0) is 50.5 Å². The van der Waals surface area contributed by atoms with Crippen LogP contribution in [0.4, 0.5) is 11.4 Å². The number of fused-ring (bicyclic) bond motifs is 1. The summed E-state index contributed by atoms with van der Waals surface area (Å²) in [5.74, 6) is 1.04. The van der Waals surface area contributed by atoms with Gasteiger partial charge in [-0.2, -0.15) is 0 Å². The van der Waals surface area contributed by atoms with Crippen LogP contribution in [0.15, 0.2) is 24.3 Å². The number of aromatic nitrogens is 2. The Morgan fingerprint density at radius 1 is 1.11 bits per heavy atom. The van der Waals surface area contributed by atoms with E-state index in [0.29, 0.717) is 22.2 Å². The maximum atomic E-state index is 12.8. The third-order valence-corrected chi connectivity index (χ3v) is 5.76. The first-order valence-corrected chi connectivity index (χ1v) is 9.70. The molecule has 138 valence electrons. The largest absolute Gasteiger partial charge is 0.326 e. The van der Waals surface area contributed by atoms with Gasteiger partial charge in [-0.25, -0.2) is 9.97 Å². The summed E-state index contributed by atoms with van der Waals surface area (Å²) in [6.07, 6.45) is 2.29. The van der Waals surface area contributed by atoms with Crippen LogP contribution in [0.5, 0.6) is 0 Å². The predicted molar refractivity (Wildman–Crippen MR) is 108 cm³/mol. The van der Waals surface area contributed by atoms with Crippen LogP contribution in [0.3, 0.4) is 0 Å². The first kappa shape index (κ1) is 17.6. The maximum absolute atomic E-state index is 12.8. The minimum Gasteiger partial charge on any atom is -0.326 e. The molecule has 1 saturated carbocycles. The van der Waals surface area contributed by atoms with E-state index in [1.807, 2.05) is 13.8 Å². The number of benzene rings is 1. The molecule has 1 aliphatic carbocycles. The Labute approximate surface area is 161 Å². The van der Waals surface area contributed by atoms with Gasteiger partial charge in [0.15, 0.2) is 0 Å². The molecule has 1 aliphatic rings. The van der Waals surface area contributed by atoms with Gasteiger partial charge < -0.3 is 10.6 Å². The number of amides is 2. The zero-order valence-electron chi connectivity index (χ0n) is 15.4. The summed E-state index contributed by atoms with van der Waals surface area (Å²) in [4.78, 5) is 34.9. The number of carbonyl (C=O) groups is 2. The lowest BCUT2D eigenvalue weighted by atomic mass is 10.1. The van der Waals surface area contributed by atoms with E-state index in [4.69, 9.17) is 4.98 Å². The summed E-state index contributed by atoms with van der Waals surface area (Å²) >= 11 is 1.41. The van der Waals surface area contributed by atoms with Crippen molar-refractivity contribution in [2.24, 2.45) is 0 Å². The van der Waals surface area contributed by atoms with Gasteiger partial charge in [-0.15, -0.1) is 11.3 Å². The zero-order chi connectivity index (χ0) is 19.1. The van der Waals surface area contributed by atoms with Gasteiger partial charge >= 0.3 is 0 Å². The molecule has 1 fully saturated rings. The van der Waals surface area contributed by atoms with Crippen LogP contribution in [0.25, 0.3) is 10.2 Å². The van der Waals surface area contributed by atoms with E-state index < -0.39 is 0 Å². The molecule has 0 saturated heterocycles. The Balaban J connectivity index is 1.64. The Kier molecular flexibility index (Phi) is 4.39. The highest BCUT2D eigenvalue weighted by molar-refractivity contribution is 7.20. The molecule has 0 atom stereocenters. The van der Waals surface area contributed by atoms with Crippen molar-refractivity contribution in [1.29, 1.82) is 0 Å². The van der Waals surface area contributed by atoms with E-state index in [0.717, 1.165) is 40.1 Å². The Morgan fingerprint density at radius 3 is 2.48 bits per heavy atom. The van der Waals surface area contributed by atoms with Crippen molar-refractivity contribution >= 4 is 44.7 Å². The SMILES string of the molecule is CC(=O)Nc1cccc(NC(=O)c2sc3nc(C4CC4)nc(C)c3c2C)c1. The standard InChI is InChI=1S/C20H20N4O2S/c1-10-16-11(2)21-18(13-7-8-13)24-20(16)27-17(10)19(26)23-15-6-4-5-14(9-15)22-12(3)25/h4-6,9,13H,7-8H2,1-3H3,(H,22,25)(H,23,26). The molecule has 2 aromatic heterocycles. The van der Waals surface area contributed by atoms with E-state index >= 15 is 0 Å². The third-order valence-electron chi connectivity index (χ3n) is 4.58. The van der Waals surface area contributed by atoms with Crippen LogP contribution in [-0.4, -0.2) is 21.8 Å². The highest BCUT2D eigenvalue weighted by Gasteiger charge is 2.28. The molecule has 0 aliphatic heterocycles. The molecule has 0 spiro atoms. The lowest BCUT2D eigenvalue weighted by molar-refractivity contribution is -0.114. The number of hydrogen-bond acceptors (Lipinski definition) is 5. The second-order valence-corrected chi connectivity index (χ2v) is 7.89. The van der Waals surface area contributed by atoms with Crippen LogP contribution in [-0.2, 0) is 4.79 Å². The monoisotopic (exact) mass is 380 g/mol. The van der Waals surface area contributed by atoms with Crippen LogP contribution in [0.1, 0.15) is 52.4 Å². The quantitative estimate of drug-likeness (QED) is 0.703. The lowest BCUT2D eigenvalue weighted by Gasteiger charge is -2.07. The van der Waals surface area contributed by atoms with E-state index in [9.17, 15) is 9.59 Å². The second kappa shape index (κ2) is 6.74. The molecule has 0 unspecified atom stereocenters. The van der Waals surface area contributed by atoms with Crippen molar-refractivity contribution in [2.75, 3.05) is 10.6 Å². The van der Waals surface area contributed by atoms with E-state index in [1.54, 1.807) is 24.3 Å². The van der Waals surface area contributed by atoms with Gasteiger partial charge in [-0.3, -0.25) is 9.59 Å². The fourth-order valence-corrected chi connectivity index (χ4v) is 4.30. The number of thiophene rings is 1. The number of carbonyl (C=O) groups excluding carboxylic acids is 2. The van der Waals surface area contributed by atoms with E-state index in [2.05, 4.69) is 15.6 Å². The second-order valence-electron chi connectivity index (χ2n) is 6.89. The number of aryl methyl sites for hydroxylation is 2. The van der Waals surface area contributed by atoms with Crippen molar-refractivity contribution in [3.63, 3.8) is 0 Å². The molecule has 2 heterocycles. The number of nitrogens with one attached hydrogen (secondary N) is 2. The van der Waals surface area contributed by atoms with Crippen LogP contribution < -0.4 is 10.6 Å². The molecule has 2 N–H and O–H groups in total. The van der Waals surface area contributed by atoms with Gasteiger partial charge in [0.2, 0.25) is 5.91 Å². The van der Waals surface area contributed by atoms with Crippen molar-refractivity contribution in [3.8, 4) is 0 Å². The number of rotatable bonds is 4. The molecule has 0 radical (unpaired) electrons. The molecular weight excluding hydrogens is 360 g/mol. The Hall–Kier alpha value is -2.80. The third kappa shape index (κ3) is 3.55. The fourth-order valence-electron chi connectivity index (χ4n) is 3.17. The number of hydrogen-bond donors (Lipinski definition) is 2. The average molecular weight is 380 g/mol. The lowest BCUT2D eigenvalue weighted by Crippen LogP contribution is -2.12. The molecule has 27 heavy (non-hydrogen) atoms. The number of nitrogens with zero attached hydrogens (tertiary/aromatic N) is 2. The smallest absolute Gasteiger partial charge is 0.266 e. The number of anilines is 2. The zero-order valence-corrected chi connectivity index (χ0v) is 16.2. The fraction of sp³-hybridized carbons (Fsp3) is 0.300. The minimum absolute atomic E-state index is 0.153. The summed E-state index contributed by atoms with van der Waals surface area (Å²) in [7, 11) is 0. The van der Waals surface area contributed by atoms with Crippen LogP contribution >= 0.6 is 11.3 Å². The summed E-state index contributed by atoms with van der Waals surface area (Å²) in [5, 5.41) is 6.60. The van der Waals surface area contributed by atoms with Crippen molar-refractivity contribution in [3.05, 3.63) is 46.2 Å². The van der Waals surface area contributed by atoms with Gasteiger partial charge in [0, 0.05) is 29.6 Å². The molecule has 4 rings (SSSR count).